The second kappa shape index (κ2) is 9.09. The highest BCUT2D eigenvalue weighted by Gasteiger charge is 2.54. The van der Waals surface area contributed by atoms with Crippen molar-refractivity contribution in [3.05, 3.63) is 95.7 Å². The molecule has 4 aromatic carbocycles. The number of ether oxygens (including phenoxy) is 2. The number of para-hydroxylation sites is 3. The third kappa shape index (κ3) is 3.23. The Kier molecular flexibility index (Phi) is 5.17. The van der Waals surface area contributed by atoms with E-state index in [1.54, 1.807) is 13.3 Å². The summed E-state index contributed by atoms with van der Waals surface area (Å²) in [5.74, 6) is -1.41. The topological polar surface area (TPSA) is 119 Å². The predicted molar refractivity (Wildman–Crippen MR) is 177 cm³/mol. The van der Waals surface area contributed by atoms with Crippen molar-refractivity contribution in [3.8, 4) is 0 Å². The van der Waals surface area contributed by atoms with E-state index in [0.29, 0.717) is 29.5 Å². The number of fused-ring (bicyclic) bond motifs is 14. The monoisotopic (exact) mass is 623 g/mol. The number of methoxy groups -OCH3 is 1. The summed E-state index contributed by atoms with van der Waals surface area (Å²) in [6, 6.07) is 23.1. The fraction of sp³-hybridized carbons (Fsp3) is 0.216. The number of hydrogen-bond acceptors (Lipinski definition) is 5. The van der Waals surface area contributed by atoms with E-state index >= 15 is 0 Å². The first-order valence-corrected chi connectivity index (χ1v) is 15.8. The van der Waals surface area contributed by atoms with Gasteiger partial charge in [0.25, 0.3) is 17.6 Å². The Morgan fingerprint density at radius 3 is 2.43 bits per heavy atom. The van der Waals surface area contributed by atoms with Crippen LogP contribution in [0.4, 0.5) is 0 Å². The summed E-state index contributed by atoms with van der Waals surface area (Å²) in [5.41, 5.74) is 5.40. The lowest BCUT2D eigenvalue weighted by molar-refractivity contribution is -0.256. The lowest BCUT2D eigenvalue weighted by atomic mass is 9.92. The fourth-order valence-electron chi connectivity index (χ4n) is 8.82. The number of benzene rings is 4. The van der Waals surface area contributed by atoms with Crippen molar-refractivity contribution < 1.29 is 23.9 Å². The standard InChI is InChI=1S/C37H29N5O5/c1-37-34(46-2)24(40-36(45)33(43)21-16-38-23-12-6-3-9-18(21)23)15-27(47-37)41-25-13-7-4-10-19(25)29-30-22(17-39-35(30)44)28-20-11-5-8-14-26(20)42(37)32(28)31(29)41/h3-14,16,24,27,34,38H,15,17H2,1-2H3,(H,39,44)(H,40,45)/t24-,27-,34-,37+/m1/s1. The van der Waals surface area contributed by atoms with Crippen molar-refractivity contribution in [2.45, 2.75) is 44.0 Å². The van der Waals surface area contributed by atoms with Gasteiger partial charge in [-0.2, -0.15) is 0 Å². The minimum absolute atomic E-state index is 0.0864. The Balaban J connectivity index is 1.23. The van der Waals surface area contributed by atoms with Crippen LogP contribution in [0.3, 0.4) is 0 Å². The predicted octanol–water partition coefficient (Wildman–Crippen LogP) is 5.62. The summed E-state index contributed by atoms with van der Waals surface area (Å²) in [4.78, 5) is 44.1. The summed E-state index contributed by atoms with van der Waals surface area (Å²) in [5, 5.41) is 10.7. The van der Waals surface area contributed by atoms with Crippen molar-refractivity contribution in [1.29, 1.82) is 0 Å². The number of ketones is 1. The quantitative estimate of drug-likeness (QED) is 0.174. The van der Waals surface area contributed by atoms with Crippen molar-refractivity contribution in [1.82, 2.24) is 24.8 Å². The summed E-state index contributed by atoms with van der Waals surface area (Å²) in [6.45, 7) is 2.42. The van der Waals surface area contributed by atoms with Gasteiger partial charge in [0.2, 0.25) is 0 Å². The van der Waals surface area contributed by atoms with Crippen molar-refractivity contribution in [2.75, 3.05) is 7.11 Å². The minimum atomic E-state index is -1.11. The normalized spacial score (nSPS) is 23.2. The number of carbonyl (C=O) groups excluding carboxylic acids is 3. The molecule has 2 bridgehead atoms. The molecule has 1 saturated heterocycles. The van der Waals surface area contributed by atoms with Crippen LogP contribution >= 0.6 is 0 Å². The second-order valence-corrected chi connectivity index (χ2v) is 12.9. The number of aromatic amines is 1. The smallest absolute Gasteiger partial charge is 0.292 e. The van der Waals surface area contributed by atoms with Gasteiger partial charge in [-0.05, 0) is 30.7 Å². The second-order valence-electron chi connectivity index (χ2n) is 12.9. The van der Waals surface area contributed by atoms with Crippen molar-refractivity contribution in [2.24, 2.45) is 0 Å². The molecule has 4 atom stereocenters. The van der Waals surface area contributed by atoms with Crippen molar-refractivity contribution in [3.63, 3.8) is 0 Å². The van der Waals surface area contributed by atoms with Crippen LogP contribution in [0.2, 0.25) is 0 Å². The van der Waals surface area contributed by atoms with Gasteiger partial charge < -0.3 is 34.2 Å². The third-order valence-electron chi connectivity index (χ3n) is 10.6. The molecule has 7 aromatic rings. The number of carbonyl (C=O) groups is 3. The molecule has 1 fully saturated rings. The van der Waals surface area contributed by atoms with E-state index in [1.807, 2.05) is 55.5 Å². The lowest BCUT2D eigenvalue weighted by Crippen LogP contribution is -2.61. The highest BCUT2D eigenvalue weighted by atomic mass is 16.6. The molecule has 10 heteroatoms. The molecule has 232 valence electrons. The maximum absolute atomic E-state index is 13.8. The lowest BCUT2D eigenvalue weighted by Gasteiger charge is -2.48. The maximum atomic E-state index is 13.8. The first kappa shape index (κ1) is 26.7. The number of Topliss-reactive ketones (excluding diaryl/α,β-unsaturated/α-hetero) is 1. The van der Waals surface area contributed by atoms with Gasteiger partial charge in [0.1, 0.15) is 12.3 Å². The molecule has 0 radical (unpaired) electrons. The summed E-state index contributed by atoms with van der Waals surface area (Å²) in [6.07, 6.45) is 0.702. The average molecular weight is 624 g/mol. The van der Waals surface area contributed by atoms with E-state index < -0.39 is 35.8 Å². The van der Waals surface area contributed by atoms with Crippen LogP contribution in [0.15, 0.2) is 79.0 Å². The van der Waals surface area contributed by atoms with Crippen LogP contribution in [0.5, 0.6) is 0 Å². The summed E-state index contributed by atoms with van der Waals surface area (Å²) in [7, 11) is 1.62. The molecule has 3 aliphatic heterocycles. The largest absolute Gasteiger partial charge is 0.374 e. The number of rotatable bonds is 4. The molecule has 2 amide bonds. The van der Waals surface area contributed by atoms with E-state index in [9.17, 15) is 14.4 Å². The highest BCUT2D eigenvalue weighted by Crippen LogP contribution is 2.53. The first-order chi connectivity index (χ1) is 22.9. The van der Waals surface area contributed by atoms with Gasteiger partial charge in [0.15, 0.2) is 5.72 Å². The summed E-state index contributed by atoms with van der Waals surface area (Å²) >= 11 is 0. The highest BCUT2D eigenvalue weighted by molar-refractivity contribution is 6.45. The third-order valence-corrected chi connectivity index (χ3v) is 10.6. The van der Waals surface area contributed by atoms with Gasteiger partial charge in [-0.1, -0.05) is 54.6 Å². The number of nitrogens with one attached hydrogen (secondary N) is 3. The number of aromatic nitrogens is 3. The zero-order valence-electron chi connectivity index (χ0n) is 25.6. The van der Waals surface area contributed by atoms with E-state index in [-0.39, 0.29) is 5.91 Å². The molecular weight excluding hydrogens is 594 g/mol. The van der Waals surface area contributed by atoms with Gasteiger partial charge >= 0.3 is 0 Å². The molecule has 10 rings (SSSR count). The number of H-pyrrole nitrogens is 1. The first-order valence-electron chi connectivity index (χ1n) is 15.8. The maximum Gasteiger partial charge on any atom is 0.292 e. The Labute approximate surface area is 267 Å². The average Bonchev–Trinajstić information content (AvgIpc) is 3.83. The molecule has 10 nitrogen and oxygen atoms in total. The van der Waals surface area contributed by atoms with Gasteiger partial charge in [-0.15, -0.1) is 0 Å². The van der Waals surface area contributed by atoms with Crippen molar-refractivity contribution >= 4 is 72.1 Å². The Bertz CT molecular complexity index is 2560. The molecule has 3 aliphatic rings. The SMILES string of the molecule is CO[C@@H]1[C@H](NC(=O)C(=O)c2c[nH]c3ccccc23)C[C@H]2O[C@]1(C)n1c3ccccc3c3c4c(c5c6ccccc6n2c5c31)C(=O)NC4. The van der Waals surface area contributed by atoms with E-state index in [1.165, 1.54) is 0 Å². The Morgan fingerprint density at radius 1 is 0.936 bits per heavy atom. The van der Waals surface area contributed by atoms with Gasteiger partial charge in [0.05, 0.1) is 39.2 Å². The van der Waals surface area contributed by atoms with Crippen LogP contribution in [0.1, 0.15) is 45.9 Å². The number of nitrogens with zero attached hydrogens (tertiary/aromatic N) is 2. The van der Waals surface area contributed by atoms with Crippen LogP contribution in [0, 0.1) is 0 Å². The van der Waals surface area contributed by atoms with Gasteiger partial charge in [-0.3, -0.25) is 14.4 Å². The van der Waals surface area contributed by atoms with Gasteiger partial charge in [0, 0.05) is 58.7 Å². The number of hydrogen-bond donors (Lipinski definition) is 3. The molecule has 0 unspecified atom stereocenters. The van der Waals surface area contributed by atoms with E-state index in [2.05, 4.69) is 49.0 Å². The Hall–Kier alpha value is -5.45. The molecule has 0 saturated carbocycles. The zero-order chi connectivity index (χ0) is 31.8. The van der Waals surface area contributed by atoms with Crippen LogP contribution in [0.25, 0.3) is 54.5 Å². The van der Waals surface area contributed by atoms with Crippen LogP contribution in [-0.4, -0.2) is 51.0 Å². The zero-order valence-corrected chi connectivity index (χ0v) is 25.6. The summed E-state index contributed by atoms with van der Waals surface area (Å²) < 4.78 is 17.8. The molecule has 0 aliphatic carbocycles. The molecule has 47 heavy (non-hydrogen) atoms. The molecule has 3 aromatic heterocycles. The molecule has 0 spiro atoms. The van der Waals surface area contributed by atoms with E-state index in [4.69, 9.17) is 9.47 Å². The van der Waals surface area contributed by atoms with Crippen LogP contribution in [-0.2, 0) is 26.5 Å². The molecular formula is C37H29N5O5. The van der Waals surface area contributed by atoms with Crippen LogP contribution < -0.4 is 10.6 Å². The van der Waals surface area contributed by atoms with Gasteiger partial charge in [-0.25, -0.2) is 0 Å². The molecule has 3 N–H and O–H groups in total. The fourth-order valence-corrected chi connectivity index (χ4v) is 8.82. The molecule has 6 heterocycles. The Morgan fingerprint density at radius 2 is 1.64 bits per heavy atom. The van der Waals surface area contributed by atoms with E-state index in [0.717, 1.165) is 54.7 Å². The minimum Gasteiger partial charge on any atom is -0.374 e. The number of amides is 2.